The maximum Gasteiger partial charge on any atom is 0.120 e. The second-order valence-electron chi connectivity index (χ2n) is 4.49. The molecule has 0 saturated carbocycles. The Bertz CT molecular complexity index is 473. The van der Waals surface area contributed by atoms with Crippen molar-refractivity contribution < 1.29 is 4.42 Å². The smallest absolute Gasteiger partial charge is 0.120 e. The molecule has 2 aromatic rings. The molecule has 2 heterocycles. The Morgan fingerprint density at radius 3 is 2.89 bits per heavy atom. The first-order valence-electron chi connectivity index (χ1n) is 6.52. The van der Waals surface area contributed by atoms with E-state index in [-0.39, 0.29) is 6.04 Å². The summed E-state index contributed by atoms with van der Waals surface area (Å²) in [5, 5.41) is 7.98. The number of rotatable bonds is 6. The number of hydrogen-bond acceptors (Lipinski definition) is 3. The van der Waals surface area contributed by atoms with Crippen LogP contribution in [0.1, 0.15) is 43.3 Å². The minimum Gasteiger partial charge on any atom is -0.468 e. The summed E-state index contributed by atoms with van der Waals surface area (Å²) in [5.74, 6) is 0.999. The minimum atomic E-state index is 0.268. The molecule has 0 fully saturated rings. The fraction of sp³-hybridized carbons (Fsp3) is 0.500. The Labute approximate surface area is 108 Å². The molecular weight excluding hydrogens is 226 g/mol. The van der Waals surface area contributed by atoms with E-state index >= 15 is 0 Å². The molecule has 4 nitrogen and oxygen atoms in total. The summed E-state index contributed by atoms with van der Waals surface area (Å²) in [7, 11) is 1.96. The molecule has 0 aromatic carbocycles. The van der Waals surface area contributed by atoms with Gasteiger partial charge >= 0.3 is 0 Å². The van der Waals surface area contributed by atoms with E-state index in [1.165, 1.54) is 11.3 Å². The van der Waals surface area contributed by atoms with Gasteiger partial charge in [-0.2, -0.15) is 5.10 Å². The average Bonchev–Trinajstić information content (AvgIpc) is 2.99. The van der Waals surface area contributed by atoms with Crippen LogP contribution in [0.15, 0.2) is 29.0 Å². The molecule has 0 aliphatic rings. The summed E-state index contributed by atoms with van der Waals surface area (Å²) in [6, 6.07) is 4.22. The van der Waals surface area contributed by atoms with Crippen molar-refractivity contribution in [2.45, 2.75) is 39.3 Å². The van der Waals surface area contributed by atoms with E-state index in [2.05, 4.69) is 30.5 Å². The van der Waals surface area contributed by atoms with Crippen LogP contribution in [0.3, 0.4) is 0 Å². The van der Waals surface area contributed by atoms with Gasteiger partial charge in [0.05, 0.1) is 18.0 Å². The fourth-order valence-corrected chi connectivity index (χ4v) is 2.20. The number of aromatic nitrogens is 2. The van der Waals surface area contributed by atoms with Crippen LogP contribution < -0.4 is 5.32 Å². The van der Waals surface area contributed by atoms with Gasteiger partial charge in [0.15, 0.2) is 0 Å². The summed E-state index contributed by atoms with van der Waals surface area (Å²) < 4.78 is 7.33. The Morgan fingerprint density at radius 1 is 1.44 bits per heavy atom. The van der Waals surface area contributed by atoms with E-state index < -0.39 is 0 Å². The highest BCUT2D eigenvalue weighted by Gasteiger charge is 2.13. The van der Waals surface area contributed by atoms with Crippen LogP contribution in [0.25, 0.3) is 0 Å². The lowest BCUT2D eigenvalue weighted by Gasteiger charge is -2.14. The third-order valence-corrected chi connectivity index (χ3v) is 3.16. The van der Waals surface area contributed by atoms with Crippen molar-refractivity contribution in [1.82, 2.24) is 15.1 Å². The van der Waals surface area contributed by atoms with Crippen molar-refractivity contribution in [1.29, 1.82) is 0 Å². The van der Waals surface area contributed by atoms with Crippen LogP contribution in [0.2, 0.25) is 0 Å². The van der Waals surface area contributed by atoms with E-state index in [9.17, 15) is 0 Å². The van der Waals surface area contributed by atoms with Crippen molar-refractivity contribution >= 4 is 0 Å². The molecule has 0 aliphatic carbocycles. The maximum atomic E-state index is 5.45. The van der Waals surface area contributed by atoms with Gasteiger partial charge in [-0.05, 0) is 25.0 Å². The normalized spacial score (nSPS) is 12.8. The number of aryl methyl sites for hydroxylation is 2. The van der Waals surface area contributed by atoms with Crippen molar-refractivity contribution in [2.75, 3.05) is 0 Å². The first kappa shape index (κ1) is 12.9. The lowest BCUT2D eigenvalue weighted by atomic mass is 10.1. The molecule has 0 spiro atoms. The zero-order valence-electron chi connectivity index (χ0n) is 11.3. The number of nitrogens with zero attached hydrogens (tertiary/aromatic N) is 2. The van der Waals surface area contributed by atoms with E-state index in [0.29, 0.717) is 0 Å². The topological polar surface area (TPSA) is 43.0 Å². The molecule has 0 aliphatic heterocycles. The summed E-state index contributed by atoms with van der Waals surface area (Å²) in [4.78, 5) is 0. The Balaban J connectivity index is 2.01. The standard InChI is InChI=1S/C14H21N3O/c1-4-12-11(10-17(3)16-12)9-15-13(5-2)14-7-6-8-18-14/h6-8,10,13,15H,4-5,9H2,1-3H3. The quantitative estimate of drug-likeness (QED) is 0.853. The van der Waals surface area contributed by atoms with Gasteiger partial charge in [0.2, 0.25) is 0 Å². The minimum absolute atomic E-state index is 0.268. The van der Waals surface area contributed by atoms with E-state index in [1.54, 1.807) is 6.26 Å². The molecule has 98 valence electrons. The van der Waals surface area contributed by atoms with Gasteiger partial charge in [0, 0.05) is 25.4 Å². The van der Waals surface area contributed by atoms with Crippen molar-refractivity contribution in [3.63, 3.8) is 0 Å². The molecule has 1 N–H and O–H groups in total. The Hall–Kier alpha value is -1.55. The molecule has 1 unspecified atom stereocenters. The summed E-state index contributed by atoms with van der Waals surface area (Å²) in [6.07, 6.45) is 5.78. The molecule has 1 atom stereocenters. The number of nitrogens with one attached hydrogen (secondary N) is 1. The molecule has 2 aromatic heterocycles. The highest BCUT2D eigenvalue weighted by atomic mass is 16.3. The van der Waals surface area contributed by atoms with Crippen LogP contribution in [0.4, 0.5) is 0 Å². The lowest BCUT2D eigenvalue weighted by Crippen LogP contribution is -2.20. The third-order valence-electron chi connectivity index (χ3n) is 3.16. The monoisotopic (exact) mass is 247 g/mol. The van der Waals surface area contributed by atoms with Gasteiger partial charge in [-0.1, -0.05) is 13.8 Å². The lowest BCUT2D eigenvalue weighted by molar-refractivity contribution is 0.403. The molecule has 2 rings (SSSR count). The number of furan rings is 1. The molecule has 0 saturated heterocycles. The fourth-order valence-electron chi connectivity index (χ4n) is 2.20. The average molecular weight is 247 g/mol. The highest BCUT2D eigenvalue weighted by molar-refractivity contribution is 5.17. The van der Waals surface area contributed by atoms with Gasteiger partial charge in [0.25, 0.3) is 0 Å². The van der Waals surface area contributed by atoms with E-state index in [4.69, 9.17) is 4.42 Å². The molecular formula is C14H21N3O. The molecule has 0 radical (unpaired) electrons. The van der Waals surface area contributed by atoms with E-state index in [0.717, 1.165) is 25.1 Å². The van der Waals surface area contributed by atoms with Crippen molar-refractivity contribution in [3.05, 3.63) is 41.6 Å². The van der Waals surface area contributed by atoms with Gasteiger partial charge in [-0.3, -0.25) is 4.68 Å². The van der Waals surface area contributed by atoms with Crippen LogP contribution in [0, 0.1) is 0 Å². The predicted molar refractivity (Wildman–Crippen MR) is 71.2 cm³/mol. The van der Waals surface area contributed by atoms with Gasteiger partial charge in [-0.25, -0.2) is 0 Å². The Morgan fingerprint density at radius 2 is 2.28 bits per heavy atom. The highest BCUT2D eigenvalue weighted by Crippen LogP contribution is 2.18. The SMILES string of the molecule is CCc1nn(C)cc1CNC(CC)c1ccco1. The largest absolute Gasteiger partial charge is 0.468 e. The van der Waals surface area contributed by atoms with Gasteiger partial charge < -0.3 is 9.73 Å². The zero-order chi connectivity index (χ0) is 13.0. The zero-order valence-corrected chi connectivity index (χ0v) is 11.3. The molecule has 0 bridgehead atoms. The summed E-state index contributed by atoms with van der Waals surface area (Å²) in [5.41, 5.74) is 2.43. The maximum absolute atomic E-state index is 5.45. The van der Waals surface area contributed by atoms with Crippen LogP contribution >= 0.6 is 0 Å². The van der Waals surface area contributed by atoms with Crippen LogP contribution in [0.5, 0.6) is 0 Å². The second kappa shape index (κ2) is 5.87. The van der Waals surface area contributed by atoms with E-state index in [1.807, 2.05) is 23.9 Å². The van der Waals surface area contributed by atoms with Crippen LogP contribution in [-0.4, -0.2) is 9.78 Å². The first-order valence-corrected chi connectivity index (χ1v) is 6.52. The van der Waals surface area contributed by atoms with Crippen molar-refractivity contribution in [3.8, 4) is 0 Å². The van der Waals surface area contributed by atoms with Crippen molar-refractivity contribution in [2.24, 2.45) is 7.05 Å². The molecule has 0 amide bonds. The van der Waals surface area contributed by atoms with Gasteiger partial charge in [-0.15, -0.1) is 0 Å². The third kappa shape index (κ3) is 2.82. The number of hydrogen-bond donors (Lipinski definition) is 1. The molecule has 4 heteroatoms. The molecule has 18 heavy (non-hydrogen) atoms. The summed E-state index contributed by atoms with van der Waals surface area (Å²) in [6.45, 7) is 5.12. The summed E-state index contributed by atoms with van der Waals surface area (Å²) >= 11 is 0. The van der Waals surface area contributed by atoms with Gasteiger partial charge in [0.1, 0.15) is 5.76 Å². The first-order chi connectivity index (χ1) is 8.74. The second-order valence-corrected chi connectivity index (χ2v) is 4.49. The predicted octanol–water partition coefficient (Wildman–Crippen LogP) is 2.82. The Kier molecular flexibility index (Phi) is 4.20. The van der Waals surface area contributed by atoms with Crippen LogP contribution in [-0.2, 0) is 20.0 Å².